The quantitative estimate of drug-likeness (QED) is 0.649. The SMILES string of the molecule is CCNC(=O)c1ccc(OC(=O)CC)c(F)c1.[HH]. The number of esters is 1. The molecule has 0 radical (unpaired) electrons. The van der Waals surface area contributed by atoms with Crippen molar-refractivity contribution in [2.75, 3.05) is 6.54 Å². The lowest BCUT2D eigenvalue weighted by Gasteiger charge is -2.06. The zero-order chi connectivity index (χ0) is 12.8. The maximum Gasteiger partial charge on any atom is 0.310 e. The lowest BCUT2D eigenvalue weighted by atomic mass is 10.2. The van der Waals surface area contributed by atoms with Gasteiger partial charge in [0.15, 0.2) is 11.6 Å². The molecule has 0 bridgehead atoms. The van der Waals surface area contributed by atoms with Crippen molar-refractivity contribution in [2.45, 2.75) is 20.3 Å². The van der Waals surface area contributed by atoms with Gasteiger partial charge in [-0.05, 0) is 25.1 Å². The van der Waals surface area contributed by atoms with E-state index >= 15 is 0 Å². The summed E-state index contributed by atoms with van der Waals surface area (Å²) in [6.07, 6.45) is 0.164. The summed E-state index contributed by atoms with van der Waals surface area (Å²) in [5, 5.41) is 2.55. The molecule has 1 aromatic carbocycles. The summed E-state index contributed by atoms with van der Waals surface area (Å²) in [6, 6.07) is 3.73. The van der Waals surface area contributed by atoms with E-state index in [9.17, 15) is 14.0 Å². The first-order valence-electron chi connectivity index (χ1n) is 5.36. The number of hydrogen-bond acceptors (Lipinski definition) is 3. The van der Waals surface area contributed by atoms with E-state index in [1.807, 2.05) is 0 Å². The number of halogens is 1. The topological polar surface area (TPSA) is 55.4 Å². The Morgan fingerprint density at radius 1 is 1.41 bits per heavy atom. The van der Waals surface area contributed by atoms with Crippen molar-refractivity contribution in [3.63, 3.8) is 0 Å². The fraction of sp³-hybridized carbons (Fsp3) is 0.333. The Hall–Kier alpha value is -1.91. The minimum atomic E-state index is -0.726. The number of ether oxygens (including phenoxy) is 1. The molecule has 0 aliphatic carbocycles. The molecule has 1 N–H and O–H groups in total. The van der Waals surface area contributed by atoms with E-state index in [1.165, 1.54) is 12.1 Å². The van der Waals surface area contributed by atoms with Crippen LogP contribution in [0.25, 0.3) is 0 Å². The van der Waals surface area contributed by atoms with E-state index in [0.29, 0.717) is 6.54 Å². The number of nitrogens with one attached hydrogen (secondary N) is 1. The van der Waals surface area contributed by atoms with Crippen LogP contribution in [0.3, 0.4) is 0 Å². The molecule has 0 aromatic heterocycles. The number of carbonyl (C=O) groups is 2. The second-order valence-corrected chi connectivity index (χ2v) is 3.33. The third-order valence-electron chi connectivity index (χ3n) is 2.04. The molecule has 0 saturated carbocycles. The lowest BCUT2D eigenvalue weighted by molar-refractivity contribution is -0.134. The molecule has 0 saturated heterocycles. The molecule has 4 nitrogen and oxygen atoms in total. The van der Waals surface area contributed by atoms with Crippen molar-refractivity contribution in [3.05, 3.63) is 29.6 Å². The molecule has 0 spiro atoms. The van der Waals surface area contributed by atoms with Gasteiger partial charge in [-0.1, -0.05) is 6.92 Å². The highest BCUT2D eigenvalue weighted by atomic mass is 19.1. The van der Waals surface area contributed by atoms with Crippen LogP contribution in [-0.4, -0.2) is 18.4 Å². The Balaban J connectivity index is 0.00000289. The molecular formula is C12H16FNO3. The Bertz CT molecular complexity index is 437. The molecule has 0 aliphatic heterocycles. The summed E-state index contributed by atoms with van der Waals surface area (Å²) >= 11 is 0. The fourth-order valence-corrected chi connectivity index (χ4v) is 1.18. The number of hydrogen-bond donors (Lipinski definition) is 1. The summed E-state index contributed by atoms with van der Waals surface area (Å²) in [5.74, 6) is -1.77. The van der Waals surface area contributed by atoms with Crippen LogP contribution in [0.15, 0.2) is 18.2 Å². The second-order valence-electron chi connectivity index (χ2n) is 3.33. The molecule has 17 heavy (non-hydrogen) atoms. The Kier molecular flexibility index (Phi) is 4.63. The van der Waals surface area contributed by atoms with Crippen molar-refractivity contribution >= 4 is 11.9 Å². The van der Waals surface area contributed by atoms with E-state index in [4.69, 9.17) is 4.74 Å². The number of amides is 1. The number of benzene rings is 1. The zero-order valence-corrected chi connectivity index (χ0v) is 9.75. The van der Waals surface area contributed by atoms with Gasteiger partial charge in [-0.3, -0.25) is 9.59 Å². The van der Waals surface area contributed by atoms with Gasteiger partial charge < -0.3 is 10.1 Å². The third kappa shape index (κ3) is 3.55. The largest absolute Gasteiger partial charge is 0.423 e. The van der Waals surface area contributed by atoms with Gasteiger partial charge in [0.2, 0.25) is 0 Å². The van der Waals surface area contributed by atoms with Gasteiger partial charge in [0, 0.05) is 20.0 Å². The van der Waals surface area contributed by atoms with Gasteiger partial charge in [-0.25, -0.2) is 4.39 Å². The predicted molar refractivity (Wildman–Crippen MR) is 62.4 cm³/mol. The maximum absolute atomic E-state index is 13.5. The molecule has 0 heterocycles. The summed E-state index contributed by atoms with van der Waals surface area (Å²) in [5.41, 5.74) is 0.195. The first kappa shape index (κ1) is 13.2. The van der Waals surface area contributed by atoms with Crippen LogP contribution in [-0.2, 0) is 4.79 Å². The summed E-state index contributed by atoms with van der Waals surface area (Å²) < 4.78 is 18.2. The highest BCUT2D eigenvalue weighted by Crippen LogP contribution is 2.18. The van der Waals surface area contributed by atoms with Crippen molar-refractivity contribution in [3.8, 4) is 5.75 Å². The van der Waals surface area contributed by atoms with Crippen LogP contribution in [0.2, 0.25) is 0 Å². The lowest BCUT2D eigenvalue weighted by Crippen LogP contribution is -2.22. The molecule has 94 valence electrons. The molecule has 0 unspecified atom stereocenters. The highest BCUT2D eigenvalue weighted by molar-refractivity contribution is 5.94. The van der Waals surface area contributed by atoms with Gasteiger partial charge in [0.05, 0.1) is 0 Å². The van der Waals surface area contributed by atoms with Crippen LogP contribution >= 0.6 is 0 Å². The molecule has 1 rings (SSSR count). The van der Waals surface area contributed by atoms with Gasteiger partial charge in [0.25, 0.3) is 5.91 Å². The van der Waals surface area contributed by atoms with Gasteiger partial charge in [0.1, 0.15) is 0 Å². The summed E-state index contributed by atoms with van der Waals surface area (Å²) in [6.45, 7) is 3.85. The Morgan fingerprint density at radius 3 is 2.65 bits per heavy atom. The van der Waals surface area contributed by atoms with Crippen molar-refractivity contribution in [1.82, 2.24) is 5.32 Å². The summed E-state index contributed by atoms with van der Waals surface area (Å²) in [4.78, 5) is 22.4. The highest BCUT2D eigenvalue weighted by Gasteiger charge is 2.11. The van der Waals surface area contributed by atoms with E-state index in [2.05, 4.69) is 5.32 Å². The van der Waals surface area contributed by atoms with Crippen LogP contribution in [0.5, 0.6) is 5.75 Å². The van der Waals surface area contributed by atoms with Crippen LogP contribution in [0.1, 0.15) is 32.1 Å². The molecule has 1 amide bonds. The van der Waals surface area contributed by atoms with Crippen LogP contribution in [0, 0.1) is 5.82 Å². The first-order valence-corrected chi connectivity index (χ1v) is 5.36. The molecule has 0 atom stereocenters. The standard InChI is InChI=1S/C12H14FNO3.H2/c1-3-11(15)17-10-6-5-8(7-9(10)13)12(16)14-4-2;/h5-7H,3-4H2,1-2H3,(H,14,16);1H. The average Bonchev–Trinajstić information content (AvgIpc) is 2.31. The van der Waals surface area contributed by atoms with Crippen LogP contribution < -0.4 is 10.1 Å². The van der Waals surface area contributed by atoms with Crippen molar-refractivity contribution < 1.29 is 20.1 Å². The zero-order valence-electron chi connectivity index (χ0n) is 9.75. The average molecular weight is 241 g/mol. The normalized spacial score (nSPS) is 9.82. The van der Waals surface area contributed by atoms with E-state index in [-0.39, 0.29) is 25.1 Å². The van der Waals surface area contributed by atoms with E-state index < -0.39 is 11.8 Å². The van der Waals surface area contributed by atoms with Gasteiger partial charge in [-0.2, -0.15) is 0 Å². The number of rotatable bonds is 4. The minimum absolute atomic E-state index is 0. The summed E-state index contributed by atoms with van der Waals surface area (Å²) in [7, 11) is 0. The number of carbonyl (C=O) groups excluding carboxylic acids is 2. The third-order valence-corrected chi connectivity index (χ3v) is 2.04. The molecular weight excluding hydrogens is 225 g/mol. The van der Waals surface area contributed by atoms with Gasteiger partial charge >= 0.3 is 5.97 Å². The molecule has 0 fully saturated rings. The Labute approximate surface area is 100 Å². The van der Waals surface area contributed by atoms with E-state index in [0.717, 1.165) is 6.07 Å². The Morgan fingerprint density at radius 2 is 2.12 bits per heavy atom. The van der Waals surface area contributed by atoms with Crippen molar-refractivity contribution in [2.24, 2.45) is 0 Å². The predicted octanol–water partition coefficient (Wildman–Crippen LogP) is 2.14. The molecule has 1 aromatic rings. The van der Waals surface area contributed by atoms with Crippen molar-refractivity contribution in [1.29, 1.82) is 0 Å². The first-order chi connectivity index (χ1) is 8.08. The second kappa shape index (κ2) is 5.98. The monoisotopic (exact) mass is 241 g/mol. The van der Waals surface area contributed by atoms with Gasteiger partial charge in [-0.15, -0.1) is 0 Å². The molecule has 0 aliphatic rings. The fourth-order valence-electron chi connectivity index (χ4n) is 1.18. The maximum atomic E-state index is 13.5. The van der Waals surface area contributed by atoms with E-state index in [1.54, 1.807) is 13.8 Å². The smallest absolute Gasteiger partial charge is 0.310 e. The molecule has 5 heteroatoms. The minimum Gasteiger partial charge on any atom is -0.423 e. The van der Waals surface area contributed by atoms with Crippen LogP contribution in [0.4, 0.5) is 4.39 Å².